The van der Waals surface area contributed by atoms with Crippen LogP contribution in [0.4, 0.5) is 11.4 Å². The highest BCUT2D eigenvalue weighted by atomic mass is 32.2. The summed E-state index contributed by atoms with van der Waals surface area (Å²) in [7, 11) is -3.77. The van der Waals surface area contributed by atoms with Crippen LogP contribution in [0, 0.1) is 0 Å². The molecule has 0 aliphatic carbocycles. The number of rotatable bonds is 7. The van der Waals surface area contributed by atoms with Gasteiger partial charge in [-0.1, -0.05) is 13.8 Å². The third-order valence-corrected chi connectivity index (χ3v) is 6.84. The largest absolute Gasteiger partial charge is 0.479 e. The Bertz CT molecular complexity index is 1170. The molecule has 1 aliphatic rings. The number of hydrogen-bond donors (Lipinski definition) is 2. The first kappa shape index (κ1) is 22.5. The smallest absolute Gasteiger partial charge is 0.265 e. The number of fused-ring (bicyclic) bond motifs is 1. The molecule has 1 aliphatic heterocycles. The third-order valence-electron chi connectivity index (χ3n) is 4.81. The van der Waals surface area contributed by atoms with Crippen LogP contribution in [0.3, 0.4) is 0 Å². The van der Waals surface area contributed by atoms with Gasteiger partial charge in [-0.3, -0.25) is 14.4 Å². The number of anilines is 2. The van der Waals surface area contributed by atoms with Gasteiger partial charge in [0.05, 0.1) is 10.6 Å². The lowest BCUT2D eigenvalue weighted by Gasteiger charge is -2.23. The van der Waals surface area contributed by atoms with Gasteiger partial charge in [0.25, 0.3) is 11.5 Å². The molecule has 2 N–H and O–H groups in total. The summed E-state index contributed by atoms with van der Waals surface area (Å²) < 4.78 is 33.1. The lowest BCUT2D eigenvalue weighted by atomic mass is 10.2. The van der Waals surface area contributed by atoms with Gasteiger partial charge in [-0.25, -0.2) is 8.42 Å². The van der Waals surface area contributed by atoms with Crippen LogP contribution < -0.4 is 20.9 Å². The van der Waals surface area contributed by atoms with E-state index in [9.17, 15) is 22.8 Å². The molecule has 0 saturated carbocycles. The van der Waals surface area contributed by atoms with Gasteiger partial charge in [0.1, 0.15) is 12.3 Å². The Morgan fingerprint density at radius 3 is 2.58 bits per heavy atom. The zero-order chi connectivity index (χ0) is 22.8. The van der Waals surface area contributed by atoms with E-state index in [0.29, 0.717) is 17.1 Å². The molecule has 3 rings (SSSR count). The van der Waals surface area contributed by atoms with E-state index >= 15 is 0 Å². The molecule has 2 aromatic rings. The van der Waals surface area contributed by atoms with Crippen molar-refractivity contribution in [2.24, 2.45) is 0 Å². The number of nitrogens with one attached hydrogen (secondary N) is 2. The topological polar surface area (TPSA) is 127 Å². The number of carbonyl (C=O) groups excluding carboxylic acids is 2. The lowest BCUT2D eigenvalue weighted by Crippen LogP contribution is -2.34. The normalized spacial score (nSPS) is 15.7. The molecular weight excluding hydrogens is 424 g/mol. The average Bonchev–Trinajstić information content (AvgIpc) is 2.71. The van der Waals surface area contributed by atoms with E-state index in [4.69, 9.17) is 4.74 Å². The van der Waals surface area contributed by atoms with Gasteiger partial charge in [0.15, 0.2) is 6.10 Å². The van der Waals surface area contributed by atoms with Crippen LogP contribution in [-0.2, 0) is 26.2 Å². The van der Waals surface area contributed by atoms with E-state index in [1.807, 2.05) is 0 Å². The Morgan fingerprint density at radius 1 is 1.19 bits per heavy atom. The van der Waals surface area contributed by atoms with Crippen LogP contribution in [0.2, 0.25) is 0 Å². The summed E-state index contributed by atoms with van der Waals surface area (Å²) >= 11 is 0. The van der Waals surface area contributed by atoms with Crippen LogP contribution in [0.1, 0.15) is 20.8 Å². The predicted octanol–water partition coefficient (Wildman–Crippen LogP) is 1.24. The van der Waals surface area contributed by atoms with Crippen molar-refractivity contribution in [2.75, 3.05) is 23.7 Å². The summed E-state index contributed by atoms with van der Waals surface area (Å²) in [6.45, 7) is 5.26. The van der Waals surface area contributed by atoms with Crippen LogP contribution in [0.15, 0.2) is 46.2 Å². The number of carbonyl (C=O) groups is 2. The Labute approximate surface area is 179 Å². The molecule has 0 radical (unpaired) electrons. The highest BCUT2D eigenvalue weighted by molar-refractivity contribution is 7.89. The lowest BCUT2D eigenvalue weighted by molar-refractivity contribution is -0.122. The molecule has 1 atom stereocenters. The zero-order valence-electron chi connectivity index (χ0n) is 17.4. The molecule has 1 aromatic carbocycles. The maximum atomic E-state index is 12.7. The molecule has 0 fully saturated rings. The predicted molar refractivity (Wildman–Crippen MR) is 115 cm³/mol. The van der Waals surface area contributed by atoms with Crippen molar-refractivity contribution >= 4 is 33.2 Å². The van der Waals surface area contributed by atoms with Gasteiger partial charge < -0.3 is 19.9 Å². The molecular formula is C20H24N4O6S. The van der Waals surface area contributed by atoms with Crippen LogP contribution in [-0.4, -0.2) is 48.3 Å². The van der Waals surface area contributed by atoms with E-state index in [1.165, 1.54) is 10.4 Å². The Morgan fingerprint density at radius 2 is 1.90 bits per heavy atom. The first-order valence-corrected chi connectivity index (χ1v) is 11.2. The van der Waals surface area contributed by atoms with Crippen molar-refractivity contribution in [1.82, 2.24) is 8.87 Å². The second kappa shape index (κ2) is 8.90. The van der Waals surface area contributed by atoms with Gasteiger partial charge in [-0.2, -0.15) is 4.31 Å². The molecule has 2 amide bonds. The molecule has 0 bridgehead atoms. The Kier molecular flexibility index (Phi) is 6.46. The fraction of sp³-hybridized carbons (Fsp3) is 0.350. The monoisotopic (exact) mass is 448 g/mol. The number of pyridine rings is 1. The van der Waals surface area contributed by atoms with Gasteiger partial charge in [0, 0.05) is 31.0 Å². The van der Waals surface area contributed by atoms with Crippen LogP contribution in [0.25, 0.3) is 0 Å². The van der Waals surface area contributed by atoms with Crippen molar-refractivity contribution in [3.05, 3.63) is 46.9 Å². The summed E-state index contributed by atoms with van der Waals surface area (Å²) in [5.74, 6) is -0.347. The van der Waals surface area contributed by atoms with E-state index in [-0.39, 0.29) is 30.4 Å². The van der Waals surface area contributed by atoms with Crippen molar-refractivity contribution in [3.8, 4) is 5.75 Å². The molecule has 0 spiro atoms. The summed E-state index contributed by atoms with van der Waals surface area (Å²) in [5.41, 5.74) is 0.307. The number of ether oxygens (including phenoxy) is 1. The second-order valence-corrected chi connectivity index (χ2v) is 8.87. The third kappa shape index (κ3) is 4.78. The molecule has 1 aromatic heterocycles. The van der Waals surface area contributed by atoms with Crippen molar-refractivity contribution in [3.63, 3.8) is 0 Å². The molecule has 166 valence electrons. The SMILES string of the molecule is CCN(CC)S(=O)(=O)c1ccc(=O)n(CC(=O)Nc2ccc3c(c2)NC(=O)[C@@H](C)O3)c1. The van der Waals surface area contributed by atoms with E-state index in [0.717, 1.165) is 16.8 Å². The number of benzene rings is 1. The minimum Gasteiger partial charge on any atom is -0.479 e. The maximum Gasteiger partial charge on any atom is 0.265 e. The summed E-state index contributed by atoms with van der Waals surface area (Å²) in [6, 6.07) is 7.12. The minimum absolute atomic E-state index is 0.0636. The van der Waals surface area contributed by atoms with E-state index in [1.54, 1.807) is 39.0 Å². The van der Waals surface area contributed by atoms with Gasteiger partial charge in [-0.05, 0) is 31.2 Å². The number of nitrogens with zero attached hydrogens (tertiary/aromatic N) is 2. The van der Waals surface area contributed by atoms with Gasteiger partial charge in [-0.15, -0.1) is 0 Å². The van der Waals surface area contributed by atoms with E-state index in [2.05, 4.69) is 10.6 Å². The van der Waals surface area contributed by atoms with Crippen molar-refractivity contribution in [2.45, 2.75) is 38.3 Å². The first-order valence-electron chi connectivity index (χ1n) is 9.77. The highest BCUT2D eigenvalue weighted by Crippen LogP contribution is 2.32. The molecule has 2 heterocycles. The summed E-state index contributed by atoms with van der Waals surface area (Å²) in [5, 5.41) is 5.32. The maximum absolute atomic E-state index is 12.7. The molecule has 11 heteroatoms. The molecule has 10 nitrogen and oxygen atoms in total. The number of amides is 2. The standard InChI is InChI=1S/C20H24N4O6S/c1-4-24(5-2)31(28,29)15-7-9-19(26)23(11-15)12-18(25)21-14-6-8-17-16(10-14)22-20(27)13(3)30-17/h6-11,13H,4-5,12H2,1-3H3,(H,21,25)(H,22,27)/t13-/m1/s1. The number of aromatic nitrogens is 1. The first-order chi connectivity index (χ1) is 14.6. The minimum atomic E-state index is -3.77. The molecule has 31 heavy (non-hydrogen) atoms. The van der Waals surface area contributed by atoms with Crippen molar-refractivity contribution in [1.29, 1.82) is 0 Å². The number of hydrogen-bond acceptors (Lipinski definition) is 6. The van der Waals surface area contributed by atoms with Crippen LogP contribution in [0.5, 0.6) is 5.75 Å². The van der Waals surface area contributed by atoms with Gasteiger partial charge >= 0.3 is 0 Å². The summed E-state index contributed by atoms with van der Waals surface area (Å²) in [6.07, 6.45) is 0.553. The number of sulfonamides is 1. The fourth-order valence-corrected chi connectivity index (χ4v) is 4.62. The molecule has 0 unspecified atom stereocenters. The van der Waals surface area contributed by atoms with Gasteiger partial charge in [0.2, 0.25) is 15.9 Å². The van der Waals surface area contributed by atoms with Crippen molar-refractivity contribution < 1.29 is 22.7 Å². The van der Waals surface area contributed by atoms with E-state index < -0.39 is 27.6 Å². The zero-order valence-corrected chi connectivity index (χ0v) is 18.2. The fourth-order valence-electron chi connectivity index (χ4n) is 3.14. The quantitative estimate of drug-likeness (QED) is 0.656. The second-order valence-electron chi connectivity index (χ2n) is 6.93. The Hall–Kier alpha value is -3.18. The van der Waals surface area contributed by atoms with Crippen LogP contribution >= 0.6 is 0 Å². The molecule has 0 saturated heterocycles. The summed E-state index contributed by atoms with van der Waals surface area (Å²) in [4.78, 5) is 36.3. The average molecular weight is 449 g/mol. The highest BCUT2D eigenvalue weighted by Gasteiger charge is 2.24. The Balaban J connectivity index is 1.78.